The van der Waals surface area contributed by atoms with Crippen LogP contribution in [0.3, 0.4) is 0 Å². The highest BCUT2D eigenvalue weighted by Gasteiger charge is 2.35. The van der Waals surface area contributed by atoms with Crippen LogP contribution in [0.1, 0.15) is 35.4 Å². The Bertz CT molecular complexity index is 987. The molecule has 0 saturated carbocycles. The molecule has 0 aliphatic carbocycles. The molecule has 0 radical (unpaired) electrons. The fourth-order valence-corrected chi connectivity index (χ4v) is 5.16. The molecule has 0 spiro atoms. The minimum atomic E-state index is -3.75. The van der Waals surface area contributed by atoms with Gasteiger partial charge >= 0.3 is 0 Å². The third kappa shape index (κ3) is 4.18. The molecule has 1 amide bonds. The number of carbonyl (C=O) groups is 1. The number of nitrogens with zero attached hydrogens (tertiary/aromatic N) is 2. The predicted molar refractivity (Wildman–Crippen MR) is 107 cm³/mol. The molecule has 2 aromatic rings. The van der Waals surface area contributed by atoms with Crippen molar-refractivity contribution in [1.82, 2.24) is 14.8 Å². The molecule has 8 heteroatoms. The Balaban J connectivity index is 1.83. The lowest BCUT2D eigenvalue weighted by Crippen LogP contribution is -2.42. The van der Waals surface area contributed by atoms with E-state index in [9.17, 15) is 13.2 Å². The van der Waals surface area contributed by atoms with Gasteiger partial charge < -0.3 is 9.84 Å². The maximum atomic E-state index is 13.2. The molecule has 1 aliphatic heterocycles. The molecule has 1 N–H and O–H groups in total. The van der Waals surface area contributed by atoms with Gasteiger partial charge in [0.05, 0.1) is 0 Å². The lowest BCUT2D eigenvalue weighted by molar-refractivity contribution is -0.125. The van der Waals surface area contributed by atoms with Crippen LogP contribution in [0.5, 0.6) is 0 Å². The van der Waals surface area contributed by atoms with Gasteiger partial charge in [0, 0.05) is 26.1 Å². The van der Waals surface area contributed by atoms with E-state index in [1.165, 1.54) is 4.31 Å². The van der Waals surface area contributed by atoms with Crippen molar-refractivity contribution in [2.75, 3.05) is 20.1 Å². The number of hydrogen-bond donors (Lipinski definition) is 1. The number of nitrogens with one attached hydrogen (secondary N) is 1. The van der Waals surface area contributed by atoms with Crippen LogP contribution in [0, 0.1) is 19.8 Å². The number of amides is 1. The van der Waals surface area contributed by atoms with Crippen LogP contribution in [0.2, 0.25) is 0 Å². The van der Waals surface area contributed by atoms with E-state index in [2.05, 4.69) is 10.5 Å². The van der Waals surface area contributed by atoms with E-state index in [1.807, 2.05) is 37.3 Å². The van der Waals surface area contributed by atoms with E-state index in [-0.39, 0.29) is 22.5 Å². The number of aromatic nitrogens is 1. The van der Waals surface area contributed by atoms with Crippen LogP contribution in [-0.4, -0.2) is 43.9 Å². The number of hydrogen-bond acceptors (Lipinski definition) is 5. The SMILES string of the molecule is CNC(=O)C1CCN(S(=O)(=O)c2c(C)noc2C=Cc2cccc(C)c2)CC1. The quantitative estimate of drug-likeness (QED) is 0.828. The standard InChI is InChI=1S/C20H25N3O4S/c1-14-5-4-6-16(13-14)7-8-18-19(15(2)22-27-18)28(25,26)23-11-9-17(10-12-23)20(24)21-3/h4-8,13,17H,9-12H2,1-3H3,(H,21,24). The number of aryl methyl sites for hydroxylation is 2. The summed E-state index contributed by atoms with van der Waals surface area (Å²) in [5.41, 5.74) is 2.39. The van der Waals surface area contributed by atoms with Crippen molar-refractivity contribution in [3.63, 3.8) is 0 Å². The predicted octanol–water partition coefficient (Wildman–Crippen LogP) is 2.61. The molecule has 1 aliphatic rings. The average Bonchev–Trinajstić information content (AvgIpc) is 3.07. The Morgan fingerprint density at radius 2 is 1.96 bits per heavy atom. The molecular weight excluding hydrogens is 378 g/mol. The van der Waals surface area contributed by atoms with Crippen LogP contribution in [0.25, 0.3) is 12.2 Å². The second-order valence-corrected chi connectivity index (χ2v) is 8.88. The van der Waals surface area contributed by atoms with Crippen molar-refractivity contribution in [3.8, 4) is 0 Å². The van der Waals surface area contributed by atoms with Gasteiger partial charge in [-0.3, -0.25) is 4.79 Å². The van der Waals surface area contributed by atoms with Crippen molar-refractivity contribution in [2.45, 2.75) is 31.6 Å². The van der Waals surface area contributed by atoms with E-state index in [0.717, 1.165) is 11.1 Å². The van der Waals surface area contributed by atoms with Gasteiger partial charge in [-0.15, -0.1) is 0 Å². The summed E-state index contributed by atoms with van der Waals surface area (Å²) < 4.78 is 33.1. The highest BCUT2D eigenvalue weighted by atomic mass is 32.2. The first kappa shape index (κ1) is 20.3. The summed E-state index contributed by atoms with van der Waals surface area (Å²) >= 11 is 0. The van der Waals surface area contributed by atoms with Crippen LogP contribution >= 0.6 is 0 Å². The molecular formula is C20H25N3O4S. The molecule has 1 aromatic carbocycles. The zero-order valence-electron chi connectivity index (χ0n) is 16.3. The molecule has 0 atom stereocenters. The molecule has 0 unspecified atom stereocenters. The maximum Gasteiger partial charge on any atom is 0.248 e. The smallest absolute Gasteiger partial charge is 0.248 e. The molecule has 1 saturated heterocycles. The fraction of sp³-hybridized carbons (Fsp3) is 0.400. The summed E-state index contributed by atoms with van der Waals surface area (Å²) in [5, 5.41) is 6.50. The summed E-state index contributed by atoms with van der Waals surface area (Å²) in [4.78, 5) is 11.9. The normalized spacial score (nSPS) is 16.5. The lowest BCUT2D eigenvalue weighted by atomic mass is 9.97. The number of sulfonamides is 1. The second-order valence-electron chi connectivity index (χ2n) is 7.00. The number of benzene rings is 1. The summed E-state index contributed by atoms with van der Waals surface area (Å²) in [6.07, 6.45) is 4.44. The Morgan fingerprint density at radius 1 is 1.25 bits per heavy atom. The second kappa shape index (κ2) is 8.28. The number of piperidine rings is 1. The molecule has 7 nitrogen and oxygen atoms in total. The number of rotatable bonds is 5. The molecule has 3 rings (SSSR count). The van der Waals surface area contributed by atoms with Crippen molar-refractivity contribution >= 4 is 28.1 Å². The first-order valence-electron chi connectivity index (χ1n) is 9.25. The summed E-state index contributed by atoms with van der Waals surface area (Å²) in [7, 11) is -2.16. The third-order valence-electron chi connectivity index (χ3n) is 4.97. The van der Waals surface area contributed by atoms with Crippen molar-refractivity contribution in [1.29, 1.82) is 0 Å². The fourth-order valence-electron chi connectivity index (χ4n) is 3.44. The van der Waals surface area contributed by atoms with E-state index in [4.69, 9.17) is 4.52 Å². The first-order chi connectivity index (χ1) is 13.3. The molecule has 0 bridgehead atoms. The Kier molecular flexibility index (Phi) is 6.00. The zero-order chi connectivity index (χ0) is 20.3. The summed E-state index contributed by atoms with van der Waals surface area (Å²) in [5.74, 6) is 0.0214. The highest BCUT2D eigenvalue weighted by Crippen LogP contribution is 2.29. The molecule has 1 fully saturated rings. The topological polar surface area (TPSA) is 92.5 Å². The Hall–Kier alpha value is -2.45. The highest BCUT2D eigenvalue weighted by molar-refractivity contribution is 7.89. The van der Waals surface area contributed by atoms with Crippen LogP contribution in [-0.2, 0) is 14.8 Å². The molecule has 2 heterocycles. The third-order valence-corrected chi connectivity index (χ3v) is 7.03. The number of carbonyl (C=O) groups excluding carboxylic acids is 1. The lowest BCUT2D eigenvalue weighted by Gasteiger charge is -2.30. The minimum Gasteiger partial charge on any atom is -0.359 e. The van der Waals surface area contributed by atoms with Gasteiger partial charge in [0.15, 0.2) is 10.7 Å². The molecule has 1 aromatic heterocycles. The van der Waals surface area contributed by atoms with Crippen LogP contribution < -0.4 is 5.32 Å². The minimum absolute atomic E-state index is 0.0417. The van der Waals surface area contributed by atoms with Gasteiger partial charge in [-0.1, -0.05) is 41.1 Å². The molecule has 150 valence electrons. The van der Waals surface area contributed by atoms with Crippen molar-refractivity contribution in [2.24, 2.45) is 5.92 Å². The summed E-state index contributed by atoms with van der Waals surface area (Å²) in [6.45, 7) is 4.21. The van der Waals surface area contributed by atoms with E-state index < -0.39 is 10.0 Å². The first-order valence-corrected chi connectivity index (χ1v) is 10.7. The van der Waals surface area contributed by atoms with Gasteiger partial charge in [-0.25, -0.2) is 8.42 Å². The van der Waals surface area contributed by atoms with Crippen LogP contribution in [0.15, 0.2) is 33.7 Å². The monoisotopic (exact) mass is 403 g/mol. The van der Waals surface area contributed by atoms with Crippen LogP contribution in [0.4, 0.5) is 0 Å². The zero-order valence-corrected chi connectivity index (χ0v) is 17.1. The Morgan fingerprint density at radius 3 is 2.61 bits per heavy atom. The van der Waals surface area contributed by atoms with E-state index in [0.29, 0.717) is 31.6 Å². The summed E-state index contributed by atoms with van der Waals surface area (Å²) in [6, 6.07) is 7.87. The van der Waals surface area contributed by atoms with Crippen molar-refractivity contribution < 1.29 is 17.7 Å². The van der Waals surface area contributed by atoms with E-state index in [1.54, 1.807) is 20.0 Å². The van der Waals surface area contributed by atoms with Gasteiger partial charge in [0.25, 0.3) is 0 Å². The van der Waals surface area contributed by atoms with Crippen molar-refractivity contribution in [3.05, 3.63) is 46.8 Å². The van der Waals surface area contributed by atoms with Gasteiger partial charge in [-0.2, -0.15) is 4.31 Å². The Labute approximate surface area is 165 Å². The van der Waals surface area contributed by atoms with Gasteiger partial charge in [0.2, 0.25) is 15.9 Å². The largest absolute Gasteiger partial charge is 0.359 e. The maximum absolute atomic E-state index is 13.2. The van der Waals surface area contributed by atoms with Gasteiger partial charge in [0.1, 0.15) is 5.69 Å². The van der Waals surface area contributed by atoms with E-state index >= 15 is 0 Å². The van der Waals surface area contributed by atoms with Gasteiger partial charge in [-0.05, 0) is 38.3 Å². The average molecular weight is 404 g/mol. The molecule has 28 heavy (non-hydrogen) atoms.